The molecule has 1 spiro atoms. The zero-order valence-corrected chi connectivity index (χ0v) is 56.3. The van der Waals surface area contributed by atoms with Gasteiger partial charge in [-0.2, -0.15) is 5.10 Å². The minimum atomic E-state index is -2.01. The number of anilines is 2. The number of nitrogens with zero attached hydrogens (tertiary/aromatic N) is 5. The molecule has 7 heterocycles. The van der Waals surface area contributed by atoms with Crippen LogP contribution in [0.15, 0.2) is 77.9 Å². The Labute approximate surface area is 554 Å². The average molecular weight is 1310 g/mol. The smallest absolute Gasteiger partial charge is 0.293 e. The number of carbonyl (C=O) groups is 7. The summed E-state index contributed by atoms with van der Waals surface area (Å²) in [5.74, 6) is -2.02. The Morgan fingerprint density at radius 3 is 2.49 bits per heavy atom. The summed E-state index contributed by atoms with van der Waals surface area (Å²) in [5, 5.41) is 43.6. The van der Waals surface area contributed by atoms with Crippen LogP contribution in [0.4, 0.5) is 11.4 Å². The van der Waals surface area contributed by atoms with Crippen molar-refractivity contribution in [1.82, 2.24) is 30.8 Å². The van der Waals surface area contributed by atoms with Crippen LogP contribution >= 0.6 is 11.8 Å². The van der Waals surface area contributed by atoms with Crippen LogP contribution in [0, 0.1) is 28.6 Å². The number of fused-ring (bicyclic) bond motifs is 6. The van der Waals surface area contributed by atoms with Crippen molar-refractivity contribution in [1.29, 1.82) is 5.41 Å². The van der Waals surface area contributed by atoms with Gasteiger partial charge in [0.1, 0.15) is 18.1 Å². The topological polar surface area (TPSA) is 305 Å². The third kappa shape index (κ3) is 12.5. The van der Waals surface area contributed by atoms with Crippen LogP contribution in [0.1, 0.15) is 140 Å². The fraction of sp³-hybridized carbons (Fsp3) is 0.563. The van der Waals surface area contributed by atoms with Crippen molar-refractivity contribution in [3.05, 3.63) is 101 Å². The summed E-state index contributed by atoms with van der Waals surface area (Å²) < 4.78 is 12.6. The van der Waals surface area contributed by atoms with Gasteiger partial charge in [0.15, 0.2) is 17.3 Å². The molecule has 2 bridgehead atoms. The molecular weight excluding hydrogens is 1210 g/mol. The van der Waals surface area contributed by atoms with Crippen LogP contribution in [0.5, 0.6) is 5.75 Å². The predicted octanol–water partition coefficient (Wildman–Crippen LogP) is 6.14. The molecule has 6 aliphatic heterocycles. The van der Waals surface area contributed by atoms with E-state index in [1.165, 1.54) is 16.7 Å². The summed E-state index contributed by atoms with van der Waals surface area (Å²) in [5.41, 5.74) is 9.79. The number of hydrazone groups is 1. The maximum Gasteiger partial charge on any atom is 0.293 e. The first-order valence-corrected chi connectivity index (χ1v) is 34.5. The molecule has 3 aromatic carbocycles. The number of imide groups is 1. The van der Waals surface area contributed by atoms with Gasteiger partial charge in [-0.3, -0.25) is 48.8 Å². The molecule has 9 N–H and O–H groups in total. The lowest BCUT2D eigenvalue weighted by molar-refractivity contribution is -0.158. The zero-order chi connectivity index (χ0) is 67.2. The molecule has 504 valence electrons. The van der Waals surface area contributed by atoms with Gasteiger partial charge in [0.05, 0.1) is 46.9 Å². The minimum absolute atomic E-state index is 0.00540. The number of Topliss-reactive ketones (excluding diaryl/α,β-unsaturated/α-hetero) is 2. The van der Waals surface area contributed by atoms with Crippen molar-refractivity contribution >= 4 is 87.4 Å². The van der Waals surface area contributed by atoms with Crippen molar-refractivity contribution < 1.29 is 53.2 Å². The number of methoxy groups -OCH3 is 1. The molecule has 0 radical (unpaired) electrons. The van der Waals surface area contributed by atoms with Crippen molar-refractivity contribution in [3.63, 3.8) is 0 Å². The second-order valence-corrected chi connectivity index (χ2v) is 29.5. The fourth-order valence-corrected chi connectivity index (χ4v) is 18.6. The van der Waals surface area contributed by atoms with E-state index >= 15 is 4.79 Å². The fourth-order valence-electron chi connectivity index (χ4n) is 17.5. The third-order valence-electron chi connectivity index (χ3n) is 21.9. The largest absolute Gasteiger partial charge is 0.496 e. The number of para-hydroxylation sites is 1. The molecule has 4 fully saturated rings. The number of piperidine rings is 1. The van der Waals surface area contributed by atoms with Crippen LogP contribution in [-0.2, 0) is 55.5 Å². The van der Waals surface area contributed by atoms with Crippen molar-refractivity contribution in [2.75, 3.05) is 75.6 Å². The normalized spacial score (nSPS) is 29.6. The summed E-state index contributed by atoms with van der Waals surface area (Å²) in [6, 6.07) is 17.7. The van der Waals surface area contributed by atoms with Gasteiger partial charge in [-0.05, 0) is 131 Å². The highest BCUT2D eigenvalue weighted by molar-refractivity contribution is 8.00. The Morgan fingerprint density at radius 2 is 1.76 bits per heavy atom. The van der Waals surface area contributed by atoms with Gasteiger partial charge in [0.2, 0.25) is 17.7 Å². The predicted molar refractivity (Wildman–Crippen MR) is 362 cm³/mol. The number of carbonyl (C=O) groups excluding carboxylic acids is 7. The molecule has 7 aliphatic rings. The summed E-state index contributed by atoms with van der Waals surface area (Å²) in [4.78, 5) is 106. The first-order valence-electron chi connectivity index (χ1n) is 33.4. The van der Waals surface area contributed by atoms with E-state index in [4.69, 9.17) is 20.6 Å². The van der Waals surface area contributed by atoms with Crippen LogP contribution in [-0.4, -0.2) is 179 Å². The van der Waals surface area contributed by atoms with E-state index in [1.807, 2.05) is 39.1 Å². The number of aromatic nitrogens is 1. The number of guanidine groups is 1. The molecule has 3 saturated heterocycles. The monoisotopic (exact) mass is 1310 g/mol. The number of ketones is 2. The minimum Gasteiger partial charge on any atom is -0.496 e. The molecule has 94 heavy (non-hydrogen) atoms. The molecule has 3 unspecified atom stereocenters. The maximum atomic E-state index is 15.4. The van der Waals surface area contributed by atoms with Gasteiger partial charge in [0.25, 0.3) is 12.4 Å². The highest BCUT2D eigenvalue weighted by Gasteiger charge is 2.74. The Hall–Kier alpha value is -7.44. The number of likely N-dealkylation sites (N-methyl/N-ethyl adjacent to an activating group) is 1. The third-order valence-corrected chi connectivity index (χ3v) is 23.2. The molecule has 23 heteroatoms. The molecule has 11 rings (SSSR count). The standard InChI is InChI=1S/C71H93N11O11S/c1-9-68(90)35-46-36-69(40-93-41-83,60-50(23-28-80(37-46)39-68)49-16-10-11-17-53(49)76-60)52-32-51-54(33-57(52)92-8)79(7)64-70(51)25-29-81-27-14-24-67(6,63(70)81)38-71(64,91)65(89)78-77-44(4)47-19-21-48(22-20-47)82-59(86)34-58(62(82)88)94-30-13-18-55(84)45(5)75-61(87)43(3)31-56(85)42(2)15-12-26-74-66(72)73/h10-11,14,16-17,19-22,24,32-33,41-43,45-46,58,63-64,76,90-91H,9,12-13,15,18,23,25-31,34-40H2,1-8H3,(H,75,87)(H,78,89)(H4,72,73,74)/b77-44+/t42-,43+,45-,46+,58?,63-,64+,67-,68?,69-,70+,71+/m0/s1. The number of ether oxygens (including phenoxy) is 2. The molecule has 1 aromatic heterocycles. The van der Waals surface area contributed by atoms with Crippen LogP contribution in [0.25, 0.3) is 10.9 Å². The lowest BCUT2D eigenvalue weighted by Gasteiger charge is -2.60. The average Bonchev–Trinajstić information content (AvgIpc) is 1.48. The number of nitrogens with two attached hydrogens (primary N) is 1. The van der Waals surface area contributed by atoms with Gasteiger partial charge in [-0.25, -0.2) is 10.3 Å². The molecule has 13 atom stereocenters. The molecule has 4 aromatic rings. The summed E-state index contributed by atoms with van der Waals surface area (Å²) in [6.45, 7) is 15.5. The number of thioether (sulfide) groups is 1. The Kier molecular flexibility index (Phi) is 19.5. The lowest BCUT2D eigenvalue weighted by Crippen LogP contribution is -2.75. The maximum absolute atomic E-state index is 15.4. The van der Waals surface area contributed by atoms with E-state index in [0.717, 1.165) is 58.6 Å². The Balaban J connectivity index is 0.791. The number of H-pyrrole nitrogens is 1. The van der Waals surface area contributed by atoms with Gasteiger partial charge in [-0.15, -0.1) is 11.8 Å². The molecule has 4 amide bonds. The van der Waals surface area contributed by atoms with Gasteiger partial charge >= 0.3 is 0 Å². The van der Waals surface area contributed by atoms with Crippen LogP contribution in [0.2, 0.25) is 0 Å². The summed E-state index contributed by atoms with van der Waals surface area (Å²) in [7, 11) is 3.60. The lowest BCUT2D eigenvalue weighted by atomic mass is 9.50. The SMILES string of the molecule is CCC1(O)C[C@H]2CN(CCc3c([nH]c4ccccc34)[C@@](COC=O)(c3cc4c(cc3OC)N(C)[C@@H]3[C@]45CCN4CC=C[C@@](C)(C[C@]3(O)C(=O)N/N=C(\C)c3ccc(N6C(=O)CC(SCCCC(=O)[C@H](C)NC(=O)[C@H](C)CC(=O)[C@@H](C)CCCNC(=N)N)C6=O)cc3)[C@H]45)C2)C1. The van der Waals surface area contributed by atoms with Crippen molar-refractivity contribution in [2.45, 2.75) is 164 Å². The van der Waals surface area contributed by atoms with E-state index in [0.29, 0.717) is 106 Å². The Bertz CT molecular complexity index is 3690. The number of aliphatic hydroxyl groups is 2. The number of benzene rings is 3. The second-order valence-electron chi connectivity index (χ2n) is 28.2. The quantitative estimate of drug-likeness (QED) is 0.00703. The number of nitrogens with one attached hydrogen (secondary N) is 5. The molecular formula is C71H93N11O11S. The van der Waals surface area contributed by atoms with E-state index < -0.39 is 56.6 Å². The van der Waals surface area contributed by atoms with Gasteiger partial charge in [-0.1, -0.05) is 70.2 Å². The van der Waals surface area contributed by atoms with Crippen LogP contribution < -0.4 is 36.3 Å². The number of aromatic amines is 1. The van der Waals surface area contributed by atoms with Crippen molar-refractivity contribution in [2.24, 2.45) is 34.0 Å². The van der Waals surface area contributed by atoms with Gasteiger partial charge < -0.3 is 45.9 Å². The van der Waals surface area contributed by atoms with Crippen molar-refractivity contribution in [3.8, 4) is 5.75 Å². The van der Waals surface area contributed by atoms with E-state index in [1.54, 1.807) is 52.1 Å². The van der Waals surface area contributed by atoms with E-state index in [9.17, 15) is 39.0 Å². The second kappa shape index (κ2) is 27.0. The summed E-state index contributed by atoms with van der Waals surface area (Å²) in [6.07, 6.45) is 9.27. The number of rotatable bonds is 25. The van der Waals surface area contributed by atoms with Crippen LogP contribution in [0.3, 0.4) is 0 Å². The van der Waals surface area contributed by atoms with E-state index in [-0.39, 0.29) is 85.4 Å². The molecule has 1 saturated carbocycles. The van der Waals surface area contributed by atoms with E-state index in [2.05, 4.69) is 78.1 Å². The number of amides is 4. The number of hydrogen-bond donors (Lipinski definition) is 8. The molecule has 22 nitrogen and oxygen atoms in total. The zero-order valence-electron chi connectivity index (χ0n) is 55.5. The first kappa shape index (κ1) is 68.0. The van der Waals surface area contributed by atoms with Gasteiger partial charge in [0, 0.05) is 122 Å². The number of hydrogen-bond acceptors (Lipinski definition) is 17. The summed E-state index contributed by atoms with van der Waals surface area (Å²) >= 11 is 1.31. The highest BCUT2D eigenvalue weighted by Crippen LogP contribution is 2.67. The molecule has 1 aliphatic carbocycles. The highest BCUT2D eigenvalue weighted by atomic mass is 32.2. The Morgan fingerprint density at radius 1 is 0.989 bits per heavy atom. The first-order chi connectivity index (χ1) is 44.8.